The van der Waals surface area contributed by atoms with Crippen molar-refractivity contribution in [1.82, 2.24) is 20.6 Å². The molecule has 0 amide bonds. The van der Waals surface area contributed by atoms with Crippen LogP contribution >= 0.6 is 0 Å². The maximum Gasteiger partial charge on any atom is 0.258 e. The highest BCUT2D eigenvalue weighted by atomic mass is 16.5. The fraction of sp³-hybridized carbons (Fsp3) is 0.579. The van der Waals surface area contributed by atoms with Crippen LogP contribution in [0, 0.1) is 0 Å². The zero-order valence-electron chi connectivity index (χ0n) is 15.5. The van der Waals surface area contributed by atoms with Gasteiger partial charge in [-0.2, -0.15) is 0 Å². The average molecular weight is 374 g/mol. The third kappa shape index (κ3) is 4.14. The Kier molecular flexibility index (Phi) is 5.68. The number of fused-ring (bicyclic) bond motifs is 1. The minimum Gasteiger partial charge on any atom is -0.489 e. The number of benzene rings is 1. The van der Waals surface area contributed by atoms with Gasteiger partial charge >= 0.3 is 0 Å². The highest BCUT2D eigenvalue weighted by Crippen LogP contribution is 2.22. The topological polar surface area (TPSA) is 97.5 Å². The average Bonchev–Trinajstić information content (AvgIpc) is 2.73. The second-order valence-corrected chi connectivity index (χ2v) is 6.91. The van der Waals surface area contributed by atoms with Crippen molar-refractivity contribution in [1.29, 1.82) is 0 Å². The third-order valence-electron chi connectivity index (χ3n) is 5.04. The van der Waals surface area contributed by atoms with Crippen molar-refractivity contribution in [3.05, 3.63) is 34.4 Å². The number of ether oxygens (including phenoxy) is 3. The van der Waals surface area contributed by atoms with E-state index in [9.17, 15) is 4.79 Å². The molecule has 8 nitrogen and oxygen atoms in total. The monoisotopic (exact) mass is 374 g/mol. The minimum absolute atomic E-state index is 0.00220. The Labute approximate surface area is 157 Å². The summed E-state index contributed by atoms with van der Waals surface area (Å²) in [6.45, 7) is 6.21. The predicted octanol–water partition coefficient (Wildman–Crippen LogP) is 0.730. The molecule has 2 aromatic rings. The zero-order chi connectivity index (χ0) is 18.6. The Bertz CT molecular complexity index is 828. The van der Waals surface area contributed by atoms with Crippen LogP contribution in [0.1, 0.15) is 25.2 Å². The molecule has 27 heavy (non-hydrogen) atoms. The van der Waals surface area contributed by atoms with Crippen LogP contribution in [-0.4, -0.2) is 61.6 Å². The van der Waals surface area contributed by atoms with Gasteiger partial charge in [-0.3, -0.25) is 4.79 Å². The highest BCUT2D eigenvalue weighted by Gasteiger charge is 2.24. The molecule has 3 heterocycles. The molecule has 4 rings (SSSR count). The highest BCUT2D eigenvalue weighted by molar-refractivity contribution is 5.79. The molecule has 3 unspecified atom stereocenters. The van der Waals surface area contributed by atoms with Gasteiger partial charge in [0.2, 0.25) is 0 Å². The van der Waals surface area contributed by atoms with E-state index in [0.29, 0.717) is 42.3 Å². The Hall–Kier alpha value is -2.00. The molecule has 3 atom stereocenters. The van der Waals surface area contributed by atoms with Crippen molar-refractivity contribution in [2.45, 2.75) is 31.5 Å². The van der Waals surface area contributed by atoms with Gasteiger partial charge in [0.1, 0.15) is 17.7 Å². The van der Waals surface area contributed by atoms with Crippen molar-refractivity contribution in [3.63, 3.8) is 0 Å². The van der Waals surface area contributed by atoms with E-state index in [-0.39, 0.29) is 23.7 Å². The summed E-state index contributed by atoms with van der Waals surface area (Å²) in [5, 5.41) is 7.31. The molecule has 2 aliphatic rings. The molecule has 0 bridgehead atoms. The second-order valence-electron chi connectivity index (χ2n) is 6.91. The van der Waals surface area contributed by atoms with Crippen molar-refractivity contribution in [2.24, 2.45) is 0 Å². The van der Waals surface area contributed by atoms with Crippen LogP contribution in [0.5, 0.6) is 5.75 Å². The van der Waals surface area contributed by atoms with Crippen LogP contribution in [0.4, 0.5) is 0 Å². The summed E-state index contributed by atoms with van der Waals surface area (Å²) in [4.78, 5) is 20.0. The molecule has 0 spiro atoms. The summed E-state index contributed by atoms with van der Waals surface area (Å²) >= 11 is 0. The quantitative estimate of drug-likeness (QED) is 0.710. The van der Waals surface area contributed by atoms with E-state index >= 15 is 0 Å². The summed E-state index contributed by atoms with van der Waals surface area (Å²) in [5.74, 6) is 1.30. The number of H-pyrrole nitrogens is 1. The van der Waals surface area contributed by atoms with Gasteiger partial charge in [0, 0.05) is 19.2 Å². The van der Waals surface area contributed by atoms with Gasteiger partial charge in [-0.15, -0.1) is 0 Å². The second kappa shape index (κ2) is 8.35. The maximum atomic E-state index is 12.4. The summed E-state index contributed by atoms with van der Waals surface area (Å²) in [6, 6.07) is 5.48. The number of rotatable bonds is 5. The molecule has 146 valence electrons. The van der Waals surface area contributed by atoms with Gasteiger partial charge in [-0.25, -0.2) is 4.98 Å². The molecule has 1 aromatic carbocycles. The molecular formula is C19H26N4O4. The number of nitrogens with one attached hydrogen (secondary N) is 3. The SMILES string of the molecule is CCC(Oc1ccc2c(=O)[nH]c(C3COCCN3)nc2c1)C1COCCN1. The molecule has 2 aliphatic heterocycles. The summed E-state index contributed by atoms with van der Waals surface area (Å²) < 4.78 is 17.2. The Balaban J connectivity index is 1.59. The van der Waals surface area contributed by atoms with Gasteiger partial charge in [0.05, 0.1) is 49.4 Å². The Morgan fingerprint density at radius 1 is 1.22 bits per heavy atom. The van der Waals surface area contributed by atoms with Crippen molar-refractivity contribution in [2.75, 3.05) is 39.5 Å². The summed E-state index contributed by atoms with van der Waals surface area (Å²) in [6.07, 6.45) is 0.855. The van der Waals surface area contributed by atoms with Crippen LogP contribution in [-0.2, 0) is 9.47 Å². The van der Waals surface area contributed by atoms with Crippen molar-refractivity contribution in [3.8, 4) is 5.75 Å². The van der Waals surface area contributed by atoms with E-state index in [1.165, 1.54) is 0 Å². The molecule has 3 N–H and O–H groups in total. The zero-order valence-corrected chi connectivity index (χ0v) is 15.5. The number of morpholine rings is 2. The third-order valence-corrected chi connectivity index (χ3v) is 5.04. The van der Waals surface area contributed by atoms with E-state index in [1.54, 1.807) is 6.07 Å². The lowest BCUT2D eigenvalue weighted by Gasteiger charge is -2.31. The molecule has 0 saturated carbocycles. The fourth-order valence-corrected chi connectivity index (χ4v) is 3.57. The van der Waals surface area contributed by atoms with Gasteiger partial charge in [-0.1, -0.05) is 6.92 Å². The van der Waals surface area contributed by atoms with E-state index < -0.39 is 0 Å². The number of aromatic amines is 1. The molecule has 8 heteroatoms. The standard InChI is InChI=1S/C19H26N4O4/c1-2-17(15-10-25-7-5-20-15)27-12-3-4-13-14(9-12)22-18(23-19(13)24)16-11-26-8-6-21-16/h3-4,9,15-17,20-21H,2,5-8,10-11H2,1H3,(H,22,23,24). The smallest absolute Gasteiger partial charge is 0.258 e. The minimum atomic E-state index is -0.150. The largest absolute Gasteiger partial charge is 0.489 e. The predicted molar refractivity (Wildman–Crippen MR) is 101 cm³/mol. The molecule has 0 aliphatic carbocycles. The first kappa shape index (κ1) is 18.4. The van der Waals surface area contributed by atoms with Crippen LogP contribution < -0.4 is 20.9 Å². The number of nitrogens with zero attached hydrogens (tertiary/aromatic N) is 1. The van der Waals surface area contributed by atoms with E-state index in [1.807, 2.05) is 12.1 Å². The first-order chi connectivity index (χ1) is 13.2. The van der Waals surface area contributed by atoms with E-state index in [4.69, 9.17) is 14.2 Å². The van der Waals surface area contributed by atoms with Gasteiger partial charge in [0.25, 0.3) is 5.56 Å². The van der Waals surface area contributed by atoms with Crippen LogP contribution in [0.15, 0.2) is 23.0 Å². The lowest BCUT2D eigenvalue weighted by atomic mass is 10.1. The van der Waals surface area contributed by atoms with Gasteiger partial charge in [0.15, 0.2) is 0 Å². The Morgan fingerprint density at radius 2 is 2.04 bits per heavy atom. The van der Waals surface area contributed by atoms with Gasteiger partial charge in [-0.05, 0) is 18.6 Å². The fourth-order valence-electron chi connectivity index (χ4n) is 3.57. The van der Waals surface area contributed by atoms with Gasteiger partial charge < -0.3 is 29.8 Å². The normalized spacial score (nSPS) is 24.6. The lowest BCUT2D eigenvalue weighted by molar-refractivity contribution is 0.0267. The molecule has 1 aromatic heterocycles. The Morgan fingerprint density at radius 3 is 2.74 bits per heavy atom. The van der Waals surface area contributed by atoms with Crippen LogP contribution in [0.3, 0.4) is 0 Å². The number of hydrogen-bond acceptors (Lipinski definition) is 7. The van der Waals surface area contributed by atoms with Crippen LogP contribution in [0.25, 0.3) is 10.9 Å². The molecule has 2 fully saturated rings. The lowest BCUT2D eigenvalue weighted by Crippen LogP contribution is -2.50. The first-order valence-corrected chi connectivity index (χ1v) is 9.57. The van der Waals surface area contributed by atoms with E-state index in [0.717, 1.165) is 26.1 Å². The van der Waals surface area contributed by atoms with Crippen LogP contribution in [0.2, 0.25) is 0 Å². The number of aromatic nitrogens is 2. The maximum absolute atomic E-state index is 12.4. The van der Waals surface area contributed by atoms with Crippen molar-refractivity contribution >= 4 is 10.9 Å². The summed E-state index contributed by atoms with van der Waals surface area (Å²) in [7, 11) is 0. The molecule has 0 radical (unpaired) electrons. The van der Waals surface area contributed by atoms with E-state index in [2.05, 4.69) is 27.5 Å². The molecule has 2 saturated heterocycles. The van der Waals surface area contributed by atoms with Crippen molar-refractivity contribution < 1.29 is 14.2 Å². The summed E-state index contributed by atoms with van der Waals surface area (Å²) in [5.41, 5.74) is 0.477. The molecular weight excluding hydrogens is 348 g/mol. The first-order valence-electron chi connectivity index (χ1n) is 9.57. The number of hydrogen-bond donors (Lipinski definition) is 3.